The topological polar surface area (TPSA) is 41.8 Å². The summed E-state index contributed by atoms with van der Waals surface area (Å²) >= 11 is 6.07. The summed E-state index contributed by atoms with van der Waals surface area (Å²) in [5.41, 5.74) is 7.94. The summed E-state index contributed by atoms with van der Waals surface area (Å²) in [5.74, 6) is 0.491. The first kappa shape index (κ1) is 10.5. The second-order valence-corrected chi connectivity index (χ2v) is 4.33. The molecule has 0 aliphatic rings. The second kappa shape index (κ2) is 4.25. The van der Waals surface area contributed by atoms with E-state index >= 15 is 0 Å². The lowest BCUT2D eigenvalue weighted by Crippen LogP contribution is -2.04. The summed E-state index contributed by atoms with van der Waals surface area (Å²) in [6, 6.07) is 6.35. The van der Waals surface area contributed by atoms with Crippen LogP contribution in [0.25, 0.3) is 10.9 Å². The number of hydrogen-bond donors (Lipinski definition) is 2. The normalized spacial score (nSPS) is 13.3. The first-order valence-corrected chi connectivity index (χ1v) is 5.56. The van der Waals surface area contributed by atoms with Crippen LogP contribution in [-0.4, -0.2) is 11.5 Å². The Morgan fingerprint density at radius 1 is 1.47 bits per heavy atom. The molecule has 0 saturated carbocycles. The Kier molecular flexibility index (Phi) is 2.98. The third-order valence-corrected chi connectivity index (χ3v) is 3.14. The summed E-state index contributed by atoms with van der Waals surface area (Å²) in [7, 11) is 0. The highest BCUT2D eigenvalue weighted by atomic mass is 35.5. The number of hydrogen-bond acceptors (Lipinski definition) is 1. The Bertz CT molecular complexity index is 462. The van der Waals surface area contributed by atoms with Crippen molar-refractivity contribution in [1.29, 1.82) is 0 Å². The molecule has 3 heteroatoms. The minimum atomic E-state index is 0.491. The molecule has 0 spiro atoms. The third kappa shape index (κ3) is 2.01. The zero-order valence-electron chi connectivity index (χ0n) is 8.76. The summed E-state index contributed by atoms with van der Waals surface area (Å²) in [6.45, 7) is 2.91. The van der Waals surface area contributed by atoms with E-state index < -0.39 is 0 Å². The maximum atomic E-state index is 6.07. The van der Waals surface area contributed by atoms with Gasteiger partial charge in [0.25, 0.3) is 0 Å². The predicted octanol–water partition coefficient (Wildman–Crippen LogP) is 3.27. The highest BCUT2D eigenvalue weighted by Crippen LogP contribution is 2.27. The van der Waals surface area contributed by atoms with Crippen LogP contribution in [0.5, 0.6) is 0 Å². The highest BCUT2D eigenvalue weighted by molar-refractivity contribution is 6.35. The van der Waals surface area contributed by atoms with Gasteiger partial charge in [-0.1, -0.05) is 24.6 Å². The summed E-state index contributed by atoms with van der Waals surface area (Å²) < 4.78 is 0. The molecule has 1 atom stereocenters. The monoisotopic (exact) mass is 222 g/mol. The number of rotatable bonds is 3. The van der Waals surface area contributed by atoms with E-state index in [-0.39, 0.29) is 0 Å². The van der Waals surface area contributed by atoms with Crippen LogP contribution in [0.15, 0.2) is 24.4 Å². The van der Waals surface area contributed by atoms with E-state index in [1.54, 1.807) is 0 Å². The van der Waals surface area contributed by atoms with Crippen molar-refractivity contribution in [1.82, 2.24) is 4.98 Å². The van der Waals surface area contributed by atoms with Crippen molar-refractivity contribution in [2.24, 2.45) is 5.73 Å². The molecule has 0 fully saturated rings. The number of H-pyrrole nitrogens is 1. The molecule has 2 aromatic rings. The quantitative estimate of drug-likeness (QED) is 0.823. The van der Waals surface area contributed by atoms with Gasteiger partial charge < -0.3 is 10.7 Å². The molecule has 15 heavy (non-hydrogen) atoms. The summed E-state index contributed by atoms with van der Waals surface area (Å²) in [4.78, 5) is 3.13. The Morgan fingerprint density at radius 2 is 2.27 bits per heavy atom. The molecule has 0 aliphatic heterocycles. The van der Waals surface area contributed by atoms with Gasteiger partial charge in [0.1, 0.15) is 0 Å². The van der Waals surface area contributed by atoms with Crippen LogP contribution < -0.4 is 5.73 Å². The molecule has 1 aromatic carbocycles. The summed E-state index contributed by atoms with van der Waals surface area (Å²) in [5, 5.41) is 1.88. The Balaban J connectivity index is 2.41. The number of aromatic amines is 1. The van der Waals surface area contributed by atoms with Gasteiger partial charge in [-0.25, -0.2) is 0 Å². The average Bonchev–Trinajstić information content (AvgIpc) is 2.60. The Morgan fingerprint density at radius 3 is 3.00 bits per heavy atom. The fraction of sp³-hybridized carbons (Fsp3) is 0.333. The van der Waals surface area contributed by atoms with Crippen LogP contribution in [0.2, 0.25) is 5.02 Å². The maximum Gasteiger partial charge on any atom is 0.0659 e. The number of fused-ring (bicyclic) bond motifs is 1. The van der Waals surface area contributed by atoms with E-state index in [1.807, 2.05) is 6.20 Å². The van der Waals surface area contributed by atoms with Crippen LogP contribution >= 0.6 is 11.6 Å². The zero-order chi connectivity index (χ0) is 10.8. The van der Waals surface area contributed by atoms with E-state index in [0.717, 1.165) is 28.9 Å². The molecule has 1 aromatic heterocycles. The van der Waals surface area contributed by atoms with Crippen molar-refractivity contribution in [3.05, 3.63) is 35.0 Å². The molecule has 1 heterocycles. The fourth-order valence-corrected chi connectivity index (χ4v) is 2.04. The first-order chi connectivity index (χ1) is 7.22. The largest absolute Gasteiger partial charge is 0.360 e. The van der Waals surface area contributed by atoms with E-state index in [9.17, 15) is 0 Å². The van der Waals surface area contributed by atoms with Crippen molar-refractivity contribution in [3.63, 3.8) is 0 Å². The Hall–Kier alpha value is -0.990. The SMILES string of the molecule is CC(CCN)c1ccc2[nH]cc(Cl)c2c1. The van der Waals surface area contributed by atoms with Gasteiger partial charge in [-0.15, -0.1) is 0 Å². The minimum Gasteiger partial charge on any atom is -0.360 e. The highest BCUT2D eigenvalue weighted by Gasteiger charge is 2.07. The maximum absolute atomic E-state index is 6.07. The summed E-state index contributed by atoms with van der Waals surface area (Å²) in [6.07, 6.45) is 2.83. The third-order valence-electron chi connectivity index (χ3n) is 2.82. The van der Waals surface area contributed by atoms with E-state index in [2.05, 4.69) is 30.1 Å². The number of aromatic nitrogens is 1. The molecule has 0 saturated heterocycles. The van der Waals surface area contributed by atoms with Gasteiger partial charge in [0, 0.05) is 17.1 Å². The van der Waals surface area contributed by atoms with Crippen LogP contribution in [0.3, 0.4) is 0 Å². The van der Waals surface area contributed by atoms with Crippen LogP contribution in [0.4, 0.5) is 0 Å². The van der Waals surface area contributed by atoms with E-state index in [1.165, 1.54) is 5.56 Å². The van der Waals surface area contributed by atoms with Crippen molar-refractivity contribution in [2.45, 2.75) is 19.3 Å². The molecule has 0 aliphatic carbocycles. The van der Waals surface area contributed by atoms with Crippen molar-refractivity contribution >= 4 is 22.5 Å². The fourth-order valence-electron chi connectivity index (χ4n) is 1.83. The van der Waals surface area contributed by atoms with Gasteiger partial charge in [0.05, 0.1) is 5.02 Å². The van der Waals surface area contributed by atoms with Crippen LogP contribution in [-0.2, 0) is 0 Å². The van der Waals surface area contributed by atoms with Gasteiger partial charge in [-0.05, 0) is 36.6 Å². The Labute approximate surface area is 94.4 Å². The van der Waals surface area contributed by atoms with E-state index in [0.29, 0.717) is 5.92 Å². The lowest BCUT2D eigenvalue weighted by molar-refractivity contribution is 0.691. The van der Waals surface area contributed by atoms with Crippen LogP contribution in [0, 0.1) is 0 Å². The van der Waals surface area contributed by atoms with Gasteiger partial charge >= 0.3 is 0 Å². The van der Waals surface area contributed by atoms with Gasteiger partial charge in [0.2, 0.25) is 0 Å². The van der Waals surface area contributed by atoms with Crippen molar-refractivity contribution in [3.8, 4) is 0 Å². The number of nitrogens with one attached hydrogen (secondary N) is 1. The zero-order valence-corrected chi connectivity index (χ0v) is 9.51. The molecule has 3 N–H and O–H groups in total. The first-order valence-electron chi connectivity index (χ1n) is 5.19. The molecule has 0 radical (unpaired) electrons. The molecular weight excluding hydrogens is 208 g/mol. The number of benzene rings is 1. The lowest BCUT2D eigenvalue weighted by Gasteiger charge is -2.10. The molecule has 0 amide bonds. The van der Waals surface area contributed by atoms with Gasteiger partial charge in [0.15, 0.2) is 0 Å². The molecule has 2 rings (SSSR count). The second-order valence-electron chi connectivity index (χ2n) is 3.92. The van der Waals surface area contributed by atoms with Gasteiger partial charge in [-0.3, -0.25) is 0 Å². The van der Waals surface area contributed by atoms with E-state index in [4.69, 9.17) is 17.3 Å². The van der Waals surface area contributed by atoms with Crippen molar-refractivity contribution < 1.29 is 0 Å². The molecule has 0 bridgehead atoms. The molecular formula is C12H15ClN2. The van der Waals surface area contributed by atoms with Crippen LogP contribution in [0.1, 0.15) is 24.8 Å². The lowest BCUT2D eigenvalue weighted by atomic mass is 9.97. The predicted molar refractivity (Wildman–Crippen MR) is 65.4 cm³/mol. The minimum absolute atomic E-state index is 0.491. The van der Waals surface area contributed by atoms with Gasteiger partial charge in [-0.2, -0.15) is 0 Å². The average molecular weight is 223 g/mol. The molecule has 2 nitrogen and oxygen atoms in total. The number of nitrogens with two attached hydrogens (primary N) is 1. The number of halogens is 1. The standard InChI is InChI=1S/C12H15ClN2/c1-8(4-5-14)9-2-3-12-10(6-9)11(13)7-15-12/h2-3,6-8,15H,4-5,14H2,1H3. The molecule has 80 valence electrons. The smallest absolute Gasteiger partial charge is 0.0659 e. The molecule has 1 unspecified atom stereocenters. The van der Waals surface area contributed by atoms with Crippen molar-refractivity contribution in [2.75, 3.05) is 6.54 Å².